The van der Waals surface area contributed by atoms with Crippen molar-refractivity contribution < 1.29 is 9.26 Å². The van der Waals surface area contributed by atoms with Gasteiger partial charge >= 0.3 is 0 Å². The smallest absolute Gasteiger partial charge is 0.131 e. The van der Waals surface area contributed by atoms with Gasteiger partial charge in [-0.15, -0.1) is 0 Å². The van der Waals surface area contributed by atoms with Gasteiger partial charge in [-0.25, -0.2) is 0 Å². The molecule has 2 rings (SSSR count). The highest BCUT2D eigenvalue weighted by molar-refractivity contribution is 5.78. The van der Waals surface area contributed by atoms with Gasteiger partial charge in [0.05, 0.1) is 18.9 Å². The summed E-state index contributed by atoms with van der Waals surface area (Å²) in [6.45, 7) is 9.48. The van der Waals surface area contributed by atoms with E-state index in [2.05, 4.69) is 23.6 Å². The Morgan fingerprint density at radius 1 is 1.67 bits per heavy atom. The third kappa shape index (κ3) is 2.44. The van der Waals surface area contributed by atoms with Crippen molar-refractivity contribution >= 4 is 5.57 Å². The van der Waals surface area contributed by atoms with Crippen LogP contribution in [0.2, 0.25) is 0 Å². The Morgan fingerprint density at radius 3 is 3.11 bits per heavy atom. The van der Waals surface area contributed by atoms with Gasteiger partial charge in [0.25, 0.3) is 0 Å². The fourth-order valence-electron chi connectivity index (χ4n) is 2.19. The Hall–Kier alpha value is -1.65. The van der Waals surface area contributed by atoms with Gasteiger partial charge in [-0.2, -0.15) is 0 Å². The monoisotopic (exact) mass is 246 g/mol. The van der Waals surface area contributed by atoms with E-state index < -0.39 is 0 Å². The highest BCUT2D eigenvalue weighted by atomic mass is 16.5. The third-order valence-corrected chi connectivity index (χ3v) is 3.12. The van der Waals surface area contributed by atoms with Crippen LogP contribution in [0.4, 0.5) is 0 Å². The number of ether oxygens (including phenoxy) is 1. The molecule has 0 spiro atoms. The molecular formula is C14H18N2O2. The standard InChI is InChI=1S/C14H18N2O2/c1-4-12-13(5-6-17-14(12)8-15-3)10(2)11-7-16-18-9-11/h4,7,9,14-15H,1-2,5-6,8H2,3H3. The van der Waals surface area contributed by atoms with E-state index in [0.29, 0.717) is 6.61 Å². The molecule has 0 aliphatic carbocycles. The third-order valence-electron chi connectivity index (χ3n) is 3.12. The number of allylic oxidation sites excluding steroid dienone is 1. The topological polar surface area (TPSA) is 47.3 Å². The van der Waals surface area contributed by atoms with Crippen molar-refractivity contribution in [1.82, 2.24) is 10.5 Å². The summed E-state index contributed by atoms with van der Waals surface area (Å²) in [7, 11) is 1.91. The lowest BCUT2D eigenvalue weighted by atomic mass is 9.90. The van der Waals surface area contributed by atoms with Crippen LogP contribution in [0, 0.1) is 0 Å². The second-order valence-electron chi connectivity index (χ2n) is 4.20. The largest absolute Gasteiger partial charge is 0.372 e. The molecule has 4 nitrogen and oxygen atoms in total. The van der Waals surface area contributed by atoms with Crippen LogP contribution in [0.1, 0.15) is 12.0 Å². The molecule has 0 fully saturated rings. The molecule has 1 aromatic heterocycles. The van der Waals surface area contributed by atoms with E-state index in [-0.39, 0.29) is 6.10 Å². The predicted octanol–water partition coefficient (Wildman–Crippen LogP) is 2.18. The van der Waals surface area contributed by atoms with Crippen LogP contribution in [0.5, 0.6) is 0 Å². The van der Waals surface area contributed by atoms with Crippen LogP contribution in [0.15, 0.2) is 47.4 Å². The van der Waals surface area contributed by atoms with Crippen LogP contribution in [-0.2, 0) is 4.74 Å². The molecule has 0 radical (unpaired) electrons. The van der Waals surface area contributed by atoms with Gasteiger partial charge < -0.3 is 14.6 Å². The first kappa shape index (κ1) is 12.8. The van der Waals surface area contributed by atoms with Gasteiger partial charge in [0, 0.05) is 12.1 Å². The summed E-state index contributed by atoms with van der Waals surface area (Å²) in [5.41, 5.74) is 4.13. The molecule has 96 valence electrons. The number of rotatable bonds is 5. The van der Waals surface area contributed by atoms with Gasteiger partial charge in [0.2, 0.25) is 0 Å². The molecule has 1 aliphatic rings. The molecule has 2 heterocycles. The molecule has 1 N–H and O–H groups in total. The van der Waals surface area contributed by atoms with Crippen molar-refractivity contribution in [2.24, 2.45) is 0 Å². The van der Waals surface area contributed by atoms with E-state index >= 15 is 0 Å². The maximum absolute atomic E-state index is 5.75. The molecule has 4 heteroatoms. The molecular weight excluding hydrogens is 228 g/mol. The minimum atomic E-state index is 0.0351. The number of hydrogen-bond acceptors (Lipinski definition) is 4. The second kappa shape index (κ2) is 5.80. The first-order valence-electron chi connectivity index (χ1n) is 5.98. The molecule has 0 saturated carbocycles. The number of aromatic nitrogens is 1. The fourth-order valence-corrected chi connectivity index (χ4v) is 2.19. The van der Waals surface area contributed by atoms with Crippen molar-refractivity contribution in [2.45, 2.75) is 12.5 Å². The number of hydrogen-bond donors (Lipinski definition) is 1. The van der Waals surface area contributed by atoms with Crippen LogP contribution >= 0.6 is 0 Å². The molecule has 1 aliphatic heterocycles. The number of nitrogens with zero attached hydrogens (tertiary/aromatic N) is 1. The normalized spacial score (nSPS) is 19.9. The summed E-state index contributed by atoms with van der Waals surface area (Å²) >= 11 is 0. The summed E-state index contributed by atoms with van der Waals surface area (Å²) in [5.74, 6) is 0. The molecule has 1 aromatic rings. The van der Waals surface area contributed by atoms with Crippen molar-refractivity contribution in [3.63, 3.8) is 0 Å². The summed E-state index contributed by atoms with van der Waals surface area (Å²) in [6, 6.07) is 0. The summed E-state index contributed by atoms with van der Waals surface area (Å²) in [5, 5.41) is 6.84. The first-order chi connectivity index (χ1) is 8.77. The van der Waals surface area contributed by atoms with E-state index in [1.807, 2.05) is 13.1 Å². The minimum absolute atomic E-state index is 0.0351. The van der Waals surface area contributed by atoms with Gasteiger partial charge in [-0.3, -0.25) is 0 Å². The molecule has 0 aromatic carbocycles. The average Bonchev–Trinajstić information content (AvgIpc) is 2.92. The van der Waals surface area contributed by atoms with Gasteiger partial charge in [0.1, 0.15) is 6.26 Å². The predicted molar refractivity (Wildman–Crippen MR) is 71.0 cm³/mol. The van der Waals surface area contributed by atoms with E-state index in [0.717, 1.165) is 29.7 Å². The van der Waals surface area contributed by atoms with Crippen LogP contribution < -0.4 is 5.32 Å². The highest BCUT2D eigenvalue weighted by Gasteiger charge is 2.23. The number of likely N-dealkylation sites (N-methyl/N-ethyl adjacent to an activating group) is 1. The quantitative estimate of drug-likeness (QED) is 0.865. The summed E-state index contributed by atoms with van der Waals surface area (Å²) in [4.78, 5) is 0. The molecule has 1 unspecified atom stereocenters. The van der Waals surface area contributed by atoms with Gasteiger partial charge in [-0.05, 0) is 30.2 Å². The Kier molecular flexibility index (Phi) is 4.12. The zero-order valence-corrected chi connectivity index (χ0v) is 10.6. The van der Waals surface area contributed by atoms with E-state index in [1.165, 1.54) is 5.57 Å². The fraction of sp³-hybridized carbons (Fsp3) is 0.357. The summed E-state index contributed by atoms with van der Waals surface area (Å²) < 4.78 is 10.6. The van der Waals surface area contributed by atoms with Crippen molar-refractivity contribution in [3.8, 4) is 0 Å². The average molecular weight is 246 g/mol. The van der Waals surface area contributed by atoms with E-state index in [4.69, 9.17) is 9.26 Å². The minimum Gasteiger partial charge on any atom is -0.372 e. The van der Waals surface area contributed by atoms with Crippen molar-refractivity contribution in [2.75, 3.05) is 20.2 Å². The molecule has 1 atom stereocenters. The second-order valence-corrected chi connectivity index (χ2v) is 4.20. The van der Waals surface area contributed by atoms with E-state index in [9.17, 15) is 0 Å². The first-order valence-corrected chi connectivity index (χ1v) is 5.98. The molecule has 0 amide bonds. The van der Waals surface area contributed by atoms with Crippen LogP contribution in [-0.4, -0.2) is 31.5 Å². The highest BCUT2D eigenvalue weighted by Crippen LogP contribution is 2.32. The van der Waals surface area contributed by atoms with Crippen LogP contribution in [0.25, 0.3) is 5.57 Å². The lowest BCUT2D eigenvalue weighted by Gasteiger charge is -2.28. The van der Waals surface area contributed by atoms with Gasteiger partial charge in [-0.1, -0.05) is 24.4 Å². The molecule has 0 saturated heterocycles. The Bertz CT molecular complexity index is 460. The summed E-state index contributed by atoms with van der Waals surface area (Å²) in [6.07, 6.45) is 6.02. The zero-order valence-electron chi connectivity index (χ0n) is 10.6. The Balaban J connectivity index is 2.33. The van der Waals surface area contributed by atoms with Crippen LogP contribution in [0.3, 0.4) is 0 Å². The lowest BCUT2D eigenvalue weighted by molar-refractivity contribution is 0.0726. The lowest BCUT2D eigenvalue weighted by Crippen LogP contribution is -2.32. The molecule has 18 heavy (non-hydrogen) atoms. The maximum atomic E-state index is 5.75. The number of nitrogens with one attached hydrogen (secondary N) is 1. The van der Waals surface area contributed by atoms with E-state index in [1.54, 1.807) is 12.5 Å². The maximum Gasteiger partial charge on any atom is 0.131 e. The van der Waals surface area contributed by atoms with Crippen molar-refractivity contribution in [1.29, 1.82) is 0 Å². The zero-order chi connectivity index (χ0) is 13.0. The van der Waals surface area contributed by atoms with Crippen molar-refractivity contribution in [3.05, 3.63) is 48.4 Å². The Morgan fingerprint density at radius 2 is 2.50 bits per heavy atom. The van der Waals surface area contributed by atoms with Gasteiger partial charge in [0.15, 0.2) is 0 Å². The Labute approximate surface area is 107 Å². The molecule has 0 bridgehead atoms. The SMILES string of the molecule is C=CC1=C(C(=C)c2cnoc2)CCOC1CNC.